The SMILES string of the molecule is CC(=O)N[C@H](Cc1ccc(C(=O)O)cc1)C(=O)O. The van der Waals surface area contributed by atoms with Crippen LogP contribution in [0.25, 0.3) is 0 Å². The van der Waals surface area contributed by atoms with E-state index in [-0.39, 0.29) is 12.0 Å². The van der Waals surface area contributed by atoms with Crippen molar-refractivity contribution in [1.82, 2.24) is 5.32 Å². The molecule has 0 aliphatic heterocycles. The number of amides is 1. The van der Waals surface area contributed by atoms with Crippen LogP contribution in [0.2, 0.25) is 0 Å². The van der Waals surface area contributed by atoms with Gasteiger partial charge in [-0.25, -0.2) is 9.59 Å². The Labute approximate surface area is 103 Å². The van der Waals surface area contributed by atoms with Crippen molar-refractivity contribution < 1.29 is 24.6 Å². The van der Waals surface area contributed by atoms with E-state index in [1.54, 1.807) is 0 Å². The number of aliphatic carboxylic acids is 1. The summed E-state index contributed by atoms with van der Waals surface area (Å²) in [5.41, 5.74) is 0.770. The Kier molecular flexibility index (Phi) is 4.42. The van der Waals surface area contributed by atoms with Gasteiger partial charge in [0.2, 0.25) is 5.91 Å². The van der Waals surface area contributed by atoms with E-state index in [0.717, 1.165) is 0 Å². The van der Waals surface area contributed by atoms with Crippen LogP contribution < -0.4 is 5.32 Å². The maximum absolute atomic E-state index is 10.9. The highest BCUT2D eigenvalue weighted by Crippen LogP contribution is 2.07. The minimum absolute atomic E-state index is 0.106. The van der Waals surface area contributed by atoms with Crippen LogP contribution in [0.5, 0.6) is 0 Å². The van der Waals surface area contributed by atoms with Crippen LogP contribution in [-0.4, -0.2) is 34.1 Å². The van der Waals surface area contributed by atoms with Crippen LogP contribution >= 0.6 is 0 Å². The van der Waals surface area contributed by atoms with E-state index in [1.165, 1.54) is 31.2 Å². The van der Waals surface area contributed by atoms with Crippen molar-refractivity contribution in [1.29, 1.82) is 0 Å². The average molecular weight is 251 g/mol. The number of hydrogen-bond donors (Lipinski definition) is 3. The minimum atomic E-state index is -1.13. The van der Waals surface area contributed by atoms with Gasteiger partial charge < -0.3 is 15.5 Å². The third-order valence-corrected chi connectivity index (χ3v) is 2.32. The topological polar surface area (TPSA) is 104 Å². The average Bonchev–Trinajstić information content (AvgIpc) is 2.28. The number of rotatable bonds is 5. The first-order valence-corrected chi connectivity index (χ1v) is 5.22. The van der Waals surface area contributed by atoms with Gasteiger partial charge in [-0.1, -0.05) is 12.1 Å². The van der Waals surface area contributed by atoms with Crippen molar-refractivity contribution >= 4 is 17.8 Å². The van der Waals surface area contributed by atoms with E-state index >= 15 is 0 Å². The number of carboxylic acid groups (broad SMARTS) is 2. The molecule has 1 aromatic rings. The lowest BCUT2D eigenvalue weighted by Crippen LogP contribution is -2.41. The van der Waals surface area contributed by atoms with Crippen LogP contribution in [0.3, 0.4) is 0 Å². The van der Waals surface area contributed by atoms with Gasteiger partial charge in [-0.2, -0.15) is 0 Å². The summed E-state index contributed by atoms with van der Waals surface area (Å²) in [5.74, 6) is -2.60. The van der Waals surface area contributed by atoms with Gasteiger partial charge in [-0.05, 0) is 17.7 Å². The largest absolute Gasteiger partial charge is 0.480 e. The van der Waals surface area contributed by atoms with Crippen molar-refractivity contribution in [3.05, 3.63) is 35.4 Å². The van der Waals surface area contributed by atoms with Gasteiger partial charge in [0, 0.05) is 13.3 Å². The van der Waals surface area contributed by atoms with Crippen LogP contribution in [-0.2, 0) is 16.0 Å². The smallest absolute Gasteiger partial charge is 0.335 e. The molecule has 1 aromatic carbocycles. The summed E-state index contributed by atoms with van der Waals surface area (Å²) in [4.78, 5) is 32.4. The van der Waals surface area contributed by atoms with E-state index in [9.17, 15) is 14.4 Å². The molecular weight excluding hydrogens is 238 g/mol. The fourth-order valence-electron chi connectivity index (χ4n) is 1.46. The maximum Gasteiger partial charge on any atom is 0.335 e. The zero-order chi connectivity index (χ0) is 13.7. The predicted octanol–water partition coefficient (Wildman–Crippen LogP) is 0.517. The molecule has 18 heavy (non-hydrogen) atoms. The van der Waals surface area contributed by atoms with Gasteiger partial charge >= 0.3 is 11.9 Å². The molecule has 0 fully saturated rings. The van der Waals surface area contributed by atoms with E-state index in [1.807, 2.05) is 0 Å². The molecule has 0 aromatic heterocycles. The summed E-state index contributed by atoms with van der Waals surface area (Å²) < 4.78 is 0. The molecule has 96 valence electrons. The second kappa shape index (κ2) is 5.81. The van der Waals surface area contributed by atoms with E-state index < -0.39 is 23.9 Å². The molecule has 3 N–H and O–H groups in total. The zero-order valence-corrected chi connectivity index (χ0v) is 9.71. The molecule has 0 aliphatic rings. The Hall–Kier alpha value is -2.37. The van der Waals surface area contributed by atoms with Crippen LogP contribution in [0.15, 0.2) is 24.3 Å². The van der Waals surface area contributed by atoms with Gasteiger partial charge in [0.1, 0.15) is 6.04 Å². The molecule has 0 unspecified atom stereocenters. The van der Waals surface area contributed by atoms with Crippen molar-refractivity contribution in [2.45, 2.75) is 19.4 Å². The number of carbonyl (C=O) groups excluding carboxylic acids is 1. The molecule has 0 aliphatic carbocycles. The standard InChI is InChI=1S/C12H13NO5/c1-7(14)13-10(12(17)18)6-8-2-4-9(5-3-8)11(15)16/h2-5,10H,6H2,1H3,(H,13,14)(H,15,16)(H,17,18)/t10-/m1/s1. The Bertz CT molecular complexity index is 466. The molecular formula is C12H13NO5. The predicted molar refractivity (Wildman–Crippen MR) is 62.3 cm³/mol. The summed E-state index contributed by atoms with van der Waals surface area (Å²) in [6.45, 7) is 1.24. The lowest BCUT2D eigenvalue weighted by atomic mass is 10.0. The first kappa shape index (κ1) is 13.7. The Balaban J connectivity index is 2.78. The number of aromatic carboxylic acids is 1. The Morgan fingerprint density at radius 1 is 1.17 bits per heavy atom. The fraction of sp³-hybridized carbons (Fsp3) is 0.250. The van der Waals surface area contributed by atoms with Gasteiger partial charge in [-0.15, -0.1) is 0 Å². The molecule has 1 rings (SSSR count). The van der Waals surface area contributed by atoms with Gasteiger partial charge in [0.25, 0.3) is 0 Å². The molecule has 0 spiro atoms. The molecule has 0 radical (unpaired) electrons. The molecule has 6 heteroatoms. The molecule has 1 atom stereocenters. The van der Waals surface area contributed by atoms with Crippen molar-refractivity contribution in [3.63, 3.8) is 0 Å². The number of hydrogen-bond acceptors (Lipinski definition) is 3. The number of benzene rings is 1. The van der Waals surface area contributed by atoms with Crippen LogP contribution in [0.4, 0.5) is 0 Å². The lowest BCUT2D eigenvalue weighted by Gasteiger charge is -2.13. The monoisotopic (exact) mass is 251 g/mol. The molecule has 0 bridgehead atoms. The summed E-state index contributed by atoms with van der Waals surface area (Å²) in [5, 5.41) is 19.9. The third-order valence-electron chi connectivity index (χ3n) is 2.32. The second-order valence-corrected chi connectivity index (χ2v) is 3.80. The van der Waals surface area contributed by atoms with Crippen LogP contribution in [0, 0.1) is 0 Å². The highest BCUT2D eigenvalue weighted by Gasteiger charge is 2.18. The number of nitrogens with one attached hydrogen (secondary N) is 1. The highest BCUT2D eigenvalue weighted by molar-refractivity contribution is 5.87. The Morgan fingerprint density at radius 2 is 1.72 bits per heavy atom. The van der Waals surface area contributed by atoms with Gasteiger partial charge in [-0.3, -0.25) is 4.79 Å². The first-order chi connectivity index (χ1) is 8.40. The number of carboxylic acids is 2. The van der Waals surface area contributed by atoms with Crippen LogP contribution in [0.1, 0.15) is 22.8 Å². The fourth-order valence-corrected chi connectivity index (χ4v) is 1.46. The summed E-state index contributed by atoms with van der Waals surface area (Å²) in [6.07, 6.45) is 0.106. The molecule has 0 saturated heterocycles. The van der Waals surface area contributed by atoms with Gasteiger partial charge in [0.05, 0.1) is 5.56 Å². The zero-order valence-electron chi connectivity index (χ0n) is 9.71. The summed E-state index contributed by atoms with van der Waals surface area (Å²) in [6, 6.07) is 4.83. The van der Waals surface area contributed by atoms with E-state index in [2.05, 4.69) is 5.32 Å². The molecule has 1 amide bonds. The summed E-state index contributed by atoms with van der Waals surface area (Å²) in [7, 11) is 0. The molecule has 6 nitrogen and oxygen atoms in total. The van der Waals surface area contributed by atoms with Crippen molar-refractivity contribution in [2.75, 3.05) is 0 Å². The quantitative estimate of drug-likeness (QED) is 0.707. The van der Waals surface area contributed by atoms with Crippen molar-refractivity contribution in [3.8, 4) is 0 Å². The highest BCUT2D eigenvalue weighted by atomic mass is 16.4. The Morgan fingerprint density at radius 3 is 2.11 bits per heavy atom. The molecule has 0 saturated carbocycles. The minimum Gasteiger partial charge on any atom is -0.480 e. The second-order valence-electron chi connectivity index (χ2n) is 3.80. The van der Waals surface area contributed by atoms with E-state index in [4.69, 9.17) is 10.2 Å². The van der Waals surface area contributed by atoms with Crippen molar-refractivity contribution in [2.24, 2.45) is 0 Å². The third kappa shape index (κ3) is 3.89. The summed E-state index contributed by atoms with van der Waals surface area (Å²) >= 11 is 0. The lowest BCUT2D eigenvalue weighted by molar-refractivity contribution is -0.141. The first-order valence-electron chi connectivity index (χ1n) is 5.22. The maximum atomic E-state index is 10.9. The van der Waals surface area contributed by atoms with Gasteiger partial charge in [0.15, 0.2) is 0 Å². The molecule has 0 heterocycles. The van der Waals surface area contributed by atoms with E-state index in [0.29, 0.717) is 5.56 Å². The normalized spacial score (nSPS) is 11.6. The number of carbonyl (C=O) groups is 3.